The lowest BCUT2D eigenvalue weighted by molar-refractivity contribution is -0.120. The molecule has 0 atom stereocenters. The minimum absolute atomic E-state index is 0.0334. The van der Waals surface area contributed by atoms with Crippen LogP contribution >= 0.6 is 0 Å². The molecule has 2 N–H and O–H groups in total. The van der Waals surface area contributed by atoms with Crippen LogP contribution in [0.2, 0.25) is 0 Å². The Morgan fingerprint density at radius 1 is 1.14 bits per heavy atom. The highest BCUT2D eigenvalue weighted by molar-refractivity contribution is 5.77. The standard InChI is InChI=1S/C18H25FN2O/c19-17-9-5-4-8-16(17)11-13-21-18(22)14-20-12-10-15-6-2-1-3-7-15/h4-6,8-9,20H,1-3,7,10-14H2,(H,21,22). The van der Waals surface area contributed by atoms with Gasteiger partial charge in [-0.2, -0.15) is 0 Å². The highest BCUT2D eigenvalue weighted by Crippen LogP contribution is 2.19. The number of halogens is 1. The van der Waals surface area contributed by atoms with Crippen molar-refractivity contribution in [2.75, 3.05) is 19.6 Å². The quantitative estimate of drug-likeness (QED) is 0.573. The summed E-state index contributed by atoms with van der Waals surface area (Å²) in [5.74, 6) is -0.246. The van der Waals surface area contributed by atoms with Crippen LogP contribution in [0.3, 0.4) is 0 Å². The average Bonchev–Trinajstić information content (AvgIpc) is 2.54. The van der Waals surface area contributed by atoms with Crippen LogP contribution in [0.5, 0.6) is 0 Å². The Morgan fingerprint density at radius 3 is 2.77 bits per heavy atom. The maximum absolute atomic E-state index is 13.4. The van der Waals surface area contributed by atoms with Crippen molar-refractivity contribution in [2.24, 2.45) is 0 Å². The topological polar surface area (TPSA) is 41.1 Å². The van der Waals surface area contributed by atoms with Crippen molar-refractivity contribution in [1.82, 2.24) is 10.6 Å². The van der Waals surface area contributed by atoms with Crippen LogP contribution < -0.4 is 10.6 Å². The molecule has 0 heterocycles. The Bertz CT molecular complexity index is 514. The van der Waals surface area contributed by atoms with Gasteiger partial charge >= 0.3 is 0 Å². The summed E-state index contributed by atoms with van der Waals surface area (Å²) in [5.41, 5.74) is 2.15. The Kier molecular flexibility index (Phi) is 7.10. The van der Waals surface area contributed by atoms with E-state index in [9.17, 15) is 9.18 Å². The third-order valence-corrected chi connectivity index (χ3v) is 3.97. The summed E-state index contributed by atoms with van der Waals surface area (Å²) in [6.07, 6.45) is 8.89. The lowest BCUT2D eigenvalue weighted by Gasteiger charge is -2.13. The number of benzene rings is 1. The van der Waals surface area contributed by atoms with Crippen LogP contribution in [0.25, 0.3) is 0 Å². The van der Waals surface area contributed by atoms with Crippen molar-refractivity contribution in [3.63, 3.8) is 0 Å². The predicted octanol–water partition coefficient (Wildman–Crippen LogP) is 2.96. The van der Waals surface area contributed by atoms with Gasteiger partial charge in [0.25, 0.3) is 0 Å². The summed E-state index contributed by atoms with van der Waals surface area (Å²) in [5, 5.41) is 5.98. The molecule has 0 unspecified atom stereocenters. The summed E-state index contributed by atoms with van der Waals surface area (Å²) in [7, 11) is 0. The number of rotatable bonds is 8. The van der Waals surface area contributed by atoms with Gasteiger partial charge in [0.05, 0.1) is 6.54 Å². The third kappa shape index (κ3) is 5.98. The molecule has 0 fully saturated rings. The van der Waals surface area contributed by atoms with Crippen LogP contribution in [-0.4, -0.2) is 25.5 Å². The number of amides is 1. The molecule has 0 aliphatic heterocycles. The second-order valence-electron chi connectivity index (χ2n) is 5.73. The molecule has 1 aromatic carbocycles. The van der Waals surface area contributed by atoms with Gasteiger partial charge in [0, 0.05) is 6.54 Å². The molecular formula is C18H25FN2O. The fourth-order valence-corrected chi connectivity index (χ4v) is 2.68. The molecule has 1 aromatic rings. The van der Waals surface area contributed by atoms with E-state index in [1.165, 1.54) is 37.3 Å². The Hall–Kier alpha value is -1.68. The first-order chi connectivity index (χ1) is 10.8. The molecule has 1 amide bonds. The van der Waals surface area contributed by atoms with Gasteiger partial charge in [0.1, 0.15) is 5.82 Å². The Labute approximate surface area is 132 Å². The molecule has 0 saturated carbocycles. The minimum Gasteiger partial charge on any atom is -0.355 e. The normalized spacial score (nSPS) is 14.5. The van der Waals surface area contributed by atoms with E-state index < -0.39 is 0 Å². The van der Waals surface area contributed by atoms with Crippen molar-refractivity contribution < 1.29 is 9.18 Å². The lowest BCUT2D eigenvalue weighted by Crippen LogP contribution is -2.35. The summed E-state index contributed by atoms with van der Waals surface area (Å²) in [4.78, 5) is 11.7. The fourth-order valence-electron chi connectivity index (χ4n) is 2.68. The van der Waals surface area contributed by atoms with Crippen LogP contribution in [0.15, 0.2) is 35.9 Å². The van der Waals surface area contributed by atoms with Gasteiger partial charge in [-0.3, -0.25) is 4.79 Å². The maximum Gasteiger partial charge on any atom is 0.233 e. The monoisotopic (exact) mass is 304 g/mol. The molecule has 22 heavy (non-hydrogen) atoms. The van der Waals surface area contributed by atoms with Crippen molar-refractivity contribution >= 4 is 5.91 Å². The number of nitrogens with one attached hydrogen (secondary N) is 2. The van der Waals surface area contributed by atoms with Gasteiger partial charge in [0.2, 0.25) is 5.91 Å². The molecule has 1 aliphatic carbocycles. The SMILES string of the molecule is O=C(CNCCC1=CCCCC1)NCCc1ccccc1F. The zero-order valence-electron chi connectivity index (χ0n) is 13.0. The van der Waals surface area contributed by atoms with Gasteiger partial charge in [0.15, 0.2) is 0 Å². The fraction of sp³-hybridized carbons (Fsp3) is 0.500. The van der Waals surface area contributed by atoms with E-state index in [1.54, 1.807) is 12.1 Å². The number of hydrogen-bond acceptors (Lipinski definition) is 2. The molecule has 0 aromatic heterocycles. The van der Waals surface area contributed by atoms with E-state index in [4.69, 9.17) is 0 Å². The van der Waals surface area contributed by atoms with Gasteiger partial charge in [-0.25, -0.2) is 4.39 Å². The second kappa shape index (κ2) is 9.36. The van der Waals surface area contributed by atoms with E-state index in [1.807, 2.05) is 6.07 Å². The number of carbonyl (C=O) groups is 1. The van der Waals surface area contributed by atoms with E-state index in [0.29, 0.717) is 25.1 Å². The summed E-state index contributed by atoms with van der Waals surface area (Å²) in [6, 6.07) is 6.67. The molecular weight excluding hydrogens is 279 g/mol. The van der Waals surface area contributed by atoms with Gasteiger partial charge in [-0.05, 0) is 56.7 Å². The number of allylic oxidation sites excluding steroid dienone is 1. The molecule has 4 heteroatoms. The average molecular weight is 304 g/mol. The summed E-state index contributed by atoms with van der Waals surface area (Å²) in [6.45, 7) is 1.63. The zero-order valence-corrected chi connectivity index (χ0v) is 13.0. The molecule has 2 rings (SSSR count). The van der Waals surface area contributed by atoms with Crippen LogP contribution in [-0.2, 0) is 11.2 Å². The largest absolute Gasteiger partial charge is 0.355 e. The molecule has 0 spiro atoms. The third-order valence-electron chi connectivity index (χ3n) is 3.97. The van der Waals surface area contributed by atoms with Crippen LogP contribution in [0.4, 0.5) is 4.39 Å². The van der Waals surface area contributed by atoms with Crippen LogP contribution in [0.1, 0.15) is 37.7 Å². The van der Waals surface area contributed by atoms with Crippen molar-refractivity contribution in [2.45, 2.75) is 38.5 Å². The highest BCUT2D eigenvalue weighted by atomic mass is 19.1. The van der Waals surface area contributed by atoms with Gasteiger partial charge < -0.3 is 10.6 Å². The van der Waals surface area contributed by atoms with E-state index in [0.717, 1.165) is 13.0 Å². The molecule has 0 bridgehead atoms. The number of hydrogen-bond donors (Lipinski definition) is 2. The first-order valence-electron chi connectivity index (χ1n) is 8.14. The predicted molar refractivity (Wildman–Crippen MR) is 87.2 cm³/mol. The van der Waals surface area contributed by atoms with Crippen molar-refractivity contribution in [3.8, 4) is 0 Å². The van der Waals surface area contributed by atoms with Crippen molar-refractivity contribution in [1.29, 1.82) is 0 Å². The Balaban J connectivity index is 1.54. The molecule has 0 saturated heterocycles. The van der Waals surface area contributed by atoms with Crippen molar-refractivity contribution in [3.05, 3.63) is 47.3 Å². The first kappa shape index (κ1) is 16.7. The Morgan fingerprint density at radius 2 is 2.00 bits per heavy atom. The van der Waals surface area contributed by atoms with Gasteiger partial charge in [-0.1, -0.05) is 29.8 Å². The number of carbonyl (C=O) groups excluding carboxylic acids is 1. The summed E-state index contributed by atoms with van der Waals surface area (Å²) >= 11 is 0. The molecule has 0 radical (unpaired) electrons. The van der Waals surface area contributed by atoms with E-state index >= 15 is 0 Å². The smallest absolute Gasteiger partial charge is 0.233 e. The van der Waals surface area contributed by atoms with E-state index in [2.05, 4.69) is 16.7 Å². The van der Waals surface area contributed by atoms with Gasteiger partial charge in [-0.15, -0.1) is 0 Å². The summed E-state index contributed by atoms with van der Waals surface area (Å²) < 4.78 is 13.4. The molecule has 120 valence electrons. The van der Waals surface area contributed by atoms with E-state index in [-0.39, 0.29) is 11.7 Å². The zero-order chi connectivity index (χ0) is 15.6. The van der Waals surface area contributed by atoms with Crippen LogP contribution in [0, 0.1) is 5.82 Å². The first-order valence-corrected chi connectivity index (χ1v) is 8.14. The molecule has 3 nitrogen and oxygen atoms in total. The second-order valence-corrected chi connectivity index (χ2v) is 5.73. The molecule has 1 aliphatic rings. The lowest BCUT2D eigenvalue weighted by atomic mass is 9.97. The maximum atomic E-state index is 13.4. The highest BCUT2D eigenvalue weighted by Gasteiger charge is 2.05. The minimum atomic E-state index is -0.212.